The van der Waals surface area contributed by atoms with Gasteiger partial charge in [-0.05, 0) is 37.6 Å². The molecule has 0 bridgehead atoms. The molecule has 1 aromatic carbocycles. The number of methoxy groups -OCH3 is 1. The van der Waals surface area contributed by atoms with E-state index in [9.17, 15) is 4.79 Å². The normalized spacial score (nSPS) is 19.0. The van der Waals surface area contributed by atoms with Crippen LogP contribution in [0.15, 0.2) is 24.3 Å². The van der Waals surface area contributed by atoms with Crippen LogP contribution in [-0.4, -0.2) is 38.1 Å². The maximum absolute atomic E-state index is 12.2. The van der Waals surface area contributed by atoms with Gasteiger partial charge in [0.1, 0.15) is 11.6 Å². The van der Waals surface area contributed by atoms with E-state index in [-0.39, 0.29) is 17.7 Å². The number of ether oxygens (including phenoxy) is 2. The van der Waals surface area contributed by atoms with E-state index in [1.54, 1.807) is 0 Å². The monoisotopic (exact) mass is 347 g/mol. The van der Waals surface area contributed by atoms with Crippen molar-refractivity contribution < 1.29 is 14.3 Å². The van der Waals surface area contributed by atoms with E-state index in [0.717, 1.165) is 36.0 Å². The highest BCUT2D eigenvalue weighted by Crippen LogP contribution is 2.34. The van der Waals surface area contributed by atoms with Gasteiger partial charge in [0.05, 0.1) is 12.0 Å². The molecular weight excluding hydrogens is 326 g/mol. The van der Waals surface area contributed by atoms with Crippen LogP contribution in [-0.2, 0) is 9.53 Å². The molecule has 2 aromatic rings. The molecule has 1 aromatic heterocycles. The van der Waals surface area contributed by atoms with Crippen molar-refractivity contribution in [3.05, 3.63) is 29.1 Å². The Balaban J connectivity index is 1.92. The molecule has 3 rings (SSSR count). The molecule has 7 heteroatoms. The fourth-order valence-corrected chi connectivity index (χ4v) is 3.94. The number of carbonyl (C=O) groups is 1. The quantitative estimate of drug-likeness (QED) is 0.437. The highest BCUT2D eigenvalue weighted by atomic mass is 32.1. The van der Waals surface area contributed by atoms with Gasteiger partial charge in [0.15, 0.2) is 6.10 Å². The molecule has 0 amide bonds. The van der Waals surface area contributed by atoms with Crippen LogP contribution in [0.2, 0.25) is 0 Å². The molecule has 128 valence electrons. The van der Waals surface area contributed by atoms with Gasteiger partial charge >= 0.3 is 5.97 Å². The number of piperidine rings is 1. The minimum absolute atomic E-state index is 0.0307. The molecular formula is C17H21N3O3S. The van der Waals surface area contributed by atoms with E-state index in [2.05, 4.69) is 5.32 Å². The van der Waals surface area contributed by atoms with E-state index in [1.165, 1.54) is 18.4 Å². The maximum atomic E-state index is 12.2. The van der Waals surface area contributed by atoms with Gasteiger partial charge in [-0.3, -0.25) is 5.41 Å². The molecule has 2 heterocycles. The summed E-state index contributed by atoms with van der Waals surface area (Å²) in [6.45, 7) is 1.70. The predicted molar refractivity (Wildman–Crippen MR) is 94.9 cm³/mol. The summed E-state index contributed by atoms with van der Waals surface area (Å²) in [5.41, 5.74) is 5.59. The number of nitrogens with one attached hydrogen (secondary N) is 2. The van der Waals surface area contributed by atoms with Crippen molar-refractivity contribution in [3.8, 4) is 5.75 Å². The van der Waals surface area contributed by atoms with Crippen molar-refractivity contribution >= 4 is 33.2 Å². The smallest absolute Gasteiger partial charge is 0.347 e. The summed E-state index contributed by atoms with van der Waals surface area (Å²) >= 11 is 1.44. The van der Waals surface area contributed by atoms with Gasteiger partial charge in [0.25, 0.3) is 0 Å². The van der Waals surface area contributed by atoms with Crippen LogP contribution in [0.4, 0.5) is 0 Å². The highest BCUT2D eigenvalue weighted by Gasteiger charge is 2.32. The zero-order chi connectivity index (χ0) is 17.1. The number of hydrogen-bond acceptors (Lipinski definition) is 6. The first-order valence-electron chi connectivity index (χ1n) is 7.92. The first kappa shape index (κ1) is 16.7. The second-order valence-corrected chi connectivity index (χ2v) is 6.94. The van der Waals surface area contributed by atoms with Crippen LogP contribution in [0.25, 0.3) is 10.1 Å². The van der Waals surface area contributed by atoms with Crippen molar-refractivity contribution in [1.82, 2.24) is 5.32 Å². The molecule has 4 N–H and O–H groups in total. The summed E-state index contributed by atoms with van der Waals surface area (Å²) in [5, 5.41) is 11.8. The van der Waals surface area contributed by atoms with E-state index in [0.29, 0.717) is 10.6 Å². The lowest BCUT2D eigenvalue weighted by Crippen LogP contribution is -2.44. The van der Waals surface area contributed by atoms with Crippen LogP contribution in [0.1, 0.15) is 17.7 Å². The van der Waals surface area contributed by atoms with Gasteiger partial charge in [0.2, 0.25) is 0 Å². The van der Waals surface area contributed by atoms with Crippen molar-refractivity contribution in [3.63, 3.8) is 0 Å². The van der Waals surface area contributed by atoms with Crippen LogP contribution < -0.4 is 15.8 Å². The Morgan fingerprint density at radius 2 is 2.33 bits per heavy atom. The average molecular weight is 347 g/mol. The van der Waals surface area contributed by atoms with E-state index in [1.807, 2.05) is 24.3 Å². The molecule has 24 heavy (non-hydrogen) atoms. The molecule has 0 aliphatic carbocycles. The van der Waals surface area contributed by atoms with Crippen LogP contribution in [0.3, 0.4) is 0 Å². The Kier molecular flexibility index (Phi) is 5.01. The summed E-state index contributed by atoms with van der Waals surface area (Å²) < 4.78 is 12.0. The zero-order valence-electron chi connectivity index (χ0n) is 13.5. The number of nitrogen functional groups attached to an aromatic ring is 1. The third kappa shape index (κ3) is 3.37. The Labute approximate surface area is 144 Å². The van der Waals surface area contributed by atoms with Crippen molar-refractivity contribution in [2.45, 2.75) is 18.9 Å². The Morgan fingerprint density at radius 1 is 1.50 bits per heavy atom. The molecule has 0 spiro atoms. The number of rotatable bonds is 5. The molecule has 2 atom stereocenters. The van der Waals surface area contributed by atoms with Gasteiger partial charge in [-0.1, -0.05) is 6.07 Å². The zero-order valence-corrected chi connectivity index (χ0v) is 14.3. The third-order valence-electron chi connectivity index (χ3n) is 4.24. The van der Waals surface area contributed by atoms with Gasteiger partial charge in [-0.2, -0.15) is 0 Å². The van der Waals surface area contributed by atoms with Crippen molar-refractivity contribution in [2.75, 3.05) is 20.2 Å². The number of carbonyl (C=O) groups excluding carboxylic acids is 1. The Hall–Kier alpha value is -2.12. The van der Waals surface area contributed by atoms with Crippen molar-refractivity contribution in [1.29, 1.82) is 5.41 Å². The summed E-state index contributed by atoms with van der Waals surface area (Å²) in [6, 6.07) is 7.51. The lowest BCUT2D eigenvalue weighted by molar-refractivity contribution is -0.151. The lowest BCUT2D eigenvalue weighted by Gasteiger charge is -2.29. The Bertz CT molecular complexity index is 753. The van der Waals surface area contributed by atoms with Crippen LogP contribution in [0.5, 0.6) is 5.75 Å². The summed E-state index contributed by atoms with van der Waals surface area (Å²) in [4.78, 5) is 12.9. The topological polar surface area (TPSA) is 97.4 Å². The van der Waals surface area contributed by atoms with Gasteiger partial charge in [-0.25, -0.2) is 4.79 Å². The fraction of sp³-hybridized carbons (Fsp3) is 0.412. The van der Waals surface area contributed by atoms with Gasteiger partial charge < -0.3 is 20.5 Å². The first-order valence-corrected chi connectivity index (χ1v) is 8.74. The fourth-order valence-electron chi connectivity index (χ4n) is 3.00. The van der Waals surface area contributed by atoms with Crippen molar-refractivity contribution in [2.24, 2.45) is 11.7 Å². The molecule has 1 aliphatic heterocycles. The Morgan fingerprint density at radius 3 is 3.00 bits per heavy atom. The second kappa shape index (κ2) is 7.19. The number of amidine groups is 1. The lowest BCUT2D eigenvalue weighted by atomic mass is 9.93. The molecule has 0 radical (unpaired) electrons. The summed E-state index contributed by atoms with van der Waals surface area (Å²) in [6.07, 6.45) is 1.29. The number of hydrogen-bond donors (Lipinski definition) is 3. The number of esters is 1. The number of nitrogens with two attached hydrogens (primary N) is 1. The maximum Gasteiger partial charge on any atom is 0.347 e. The largest absolute Gasteiger partial charge is 0.478 e. The number of fused-ring (bicyclic) bond motifs is 1. The van der Waals surface area contributed by atoms with Gasteiger partial charge in [-0.15, -0.1) is 11.3 Å². The summed E-state index contributed by atoms with van der Waals surface area (Å²) in [7, 11) is 1.38. The van der Waals surface area contributed by atoms with Crippen LogP contribution in [0, 0.1) is 11.3 Å². The minimum atomic E-state index is -0.644. The standard InChI is InChI=1S/C17H21N3O3S/c1-22-17(21)15(10-4-3-7-20-9-10)23-12-5-2-6-13-11(12)8-14(24-13)16(18)19/h2,5-6,8,10,15,20H,3-4,7,9H2,1H3,(H3,18,19). The SMILES string of the molecule is COC(=O)C(Oc1cccc2sc(C(=N)N)cc12)C1CCCNC1. The molecule has 2 unspecified atom stereocenters. The van der Waals surface area contributed by atoms with E-state index < -0.39 is 6.10 Å². The highest BCUT2D eigenvalue weighted by molar-refractivity contribution is 7.20. The molecule has 1 saturated heterocycles. The van der Waals surface area contributed by atoms with E-state index >= 15 is 0 Å². The van der Waals surface area contributed by atoms with Crippen LogP contribution >= 0.6 is 11.3 Å². The molecule has 1 fully saturated rings. The third-order valence-corrected chi connectivity index (χ3v) is 5.37. The minimum Gasteiger partial charge on any atom is -0.478 e. The van der Waals surface area contributed by atoms with E-state index in [4.69, 9.17) is 20.6 Å². The molecule has 0 saturated carbocycles. The number of benzene rings is 1. The molecule has 6 nitrogen and oxygen atoms in total. The van der Waals surface area contributed by atoms with Gasteiger partial charge in [0, 0.05) is 22.5 Å². The number of thiophene rings is 1. The second-order valence-electron chi connectivity index (χ2n) is 5.86. The average Bonchev–Trinajstić information content (AvgIpc) is 3.05. The summed E-state index contributed by atoms with van der Waals surface area (Å²) in [5.74, 6) is 0.371. The molecule has 1 aliphatic rings. The first-order chi connectivity index (χ1) is 11.6. The predicted octanol–water partition coefficient (Wildman–Crippen LogP) is 2.11.